The molecule has 1 aliphatic carbocycles. The fourth-order valence-electron chi connectivity index (χ4n) is 2.71. The number of rotatable bonds is 3. The lowest BCUT2D eigenvalue weighted by atomic mass is 9.83. The van der Waals surface area contributed by atoms with E-state index in [9.17, 15) is 5.11 Å². The number of aromatic nitrogens is 1. The van der Waals surface area contributed by atoms with Crippen molar-refractivity contribution in [3.8, 4) is 5.88 Å². The zero-order valence-corrected chi connectivity index (χ0v) is 11.7. The molecule has 1 atom stereocenters. The van der Waals surface area contributed by atoms with E-state index in [2.05, 4.69) is 4.98 Å². The Labute approximate surface area is 119 Å². The van der Waals surface area contributed by atoms with Crippen LogP contribution in [0.4, 0.5) is 0 Å². The van der Waals surface area contributed by atoms with Gasteiger partial charge in [0.2, 0.25) is 5.88 Å². The van der Waals surface area contributed by atoms with Crippen molar-refractivity contribution in [1.82, 2.24) is 4.98 Å². The van der Waals surface area contributed by atoms with Crippen molar-refractivity contribution in [2.24, 2.45) is 0 Å². The minimum atomic E-state index is -0.751. The highest BCUT2D eigenvalue weighted by molar-refractivity contribution is 5.32. The van der Waals surface area contributed by atoms with Crippen LogP contribution in [0.15, 0.2) is 42.5 Å². The predicted molar refractivity (Wildman–Crippen MR) is 77.5 cm³/mol. The van der Waals surface area contributed by atoms with Crippen LogP contribution in [0.3, 0.4) is 0 Å². The smallest absolute Gasteiger partial charge is 0.213 e. The Morgan fingerprint density at radius 1 is 1.20 bits per heavy atom. The maximum Gasteiger partial charge on any atom is 0.213 e. The molecule has 2 aromatic rings. The van der Waals surface area contributed by atoms with Gasteiger partial charge in [0.05, 0.1) is 11.3 Å². The maximum atomic E-state index is 10.3. The molecule has 0 saturated heterocycles. The highest BCUT2D eigenvalue weighted by Crippen LogP contribution is 2.34. The van der Waals surface area contributed by atoms with E-state index in [-0.39, 0.29) is 0 Å². The largest absolute Gasteiger partial charge is 0.473 e. The summed E-state index contributed by atoms with van der Waals surface area (Å²) in [6, 6.07) is 13.8. The van der Waals surface area contributed by atoms with Gasteiger partial charge in [-0.05, 0) is 37.8 Å². The van der Waals surface area contributed by atoms with Gasteiger partial charge in [-0.3, -0.25) is 0 Å². The highest BCUT2D eigenvalue weighted by atomic mass is 16.5. The second kappa shape index (κ2) is 5.25. The van der Waals surface area contributed by atoms with Gasteiger partial charge < -0.3 is 9.84 Å². The minimum Gasteiger partial charge on any atom is -0.473 e. The molecule has 0 bridgehead atoms. The molecule has 0 saturated carbocycles. The fourth-order valence-corrected chi connectivity index (χ4v) is 2.71. The quantitative estimate of drug-likeness (QED) is 0.930. The molecular formula is C17H19NO2. The molecule has 104 valence electrons. The average Bonchev–Trinajstić information content (AvgIpc) is 2.46. The molecule has 0 spiro atoms. The summed E-state index contributed by atoms with van der Waals surface area (Å²) in [4.78, 5) is 4.54. The number of hydrogen-bond donors (Lipinski definition) is 1. The van der Waals surface area contributed by atoms with E-state index in [1.165, 1.54) is 0 Å². The summed E-state index contributed by atoms with van der Waals surface area (Å²) in [7, 11) is 0. The summed E-state index contributed by atoms with van der Waals surface area (Å²) in [6.45, 7) is 2.38. The van der Waals surface area contributed by atoms with Crippen molar-refractivity contribution in [3.63, 3.8) is 0 Å². The predicted octanol–water partition coefficient (Wildman–Crippen LogP) is 3.20. The minimum absolute atomic E-state index is 0.517. The molecule has 0 aliphatic heterocycles. The zero-order valence-electron chi connectivity index (χ0n) is 11.7. The monoisotopic (exact) mass is 269 g/mol. The van der Waals surface area contributed by atoms with Crippen LogP contribution in [0.5, 0.6) is 5.88 Å². The number of aryl methyl sites for hydroxylation is 1. The number of aliphatic hydroxyl groups is 1. The van der Waals surface area contributed by atoms with Gasteiger partial charge in [-0.25, -0.2) is 4.98 Å². The Morgan fingerprint density at radius 3 is 2.80 bits per heavy atom. The zero-order chi connectivity index (χ0) is 14.0. The lowest BCUT2D eigenvalue weighted by Gasteiger charge is -2.30. The van der Waals surface area contributed by atoms with Crippen LogP contribution in [-0.2, 0) is 18.6 Å². The van der Waals surface area contributed by atoms with Gasteiger partial charge in [-0.15, -0.1) is 0 Å². The first-order valence-corrected chi connectivity index (χ1v) is 7.05. The molecule has 1 aliphatic rings. The van der Waals surface area contributed by atoms with Crippen molar-refractivity contribution in [3.05, 3.63) is 59.3 Å². The molecule has 1 heterocycles. The van der Waals surface area contributed by atoms with E-state index in [1.54, 1.807) is 0 Å². The summed E-state index contributed by atoms with van der Waals surface area (Å²) >= 11 is 0. The lowest BCUT2D eigenvalue weighted by Crippen LogP contribution is -2.27. The molecule has 3 heteroatoms. The van der Waals surface area contributed by atoms with Gasteiger partial charge >= 0.3 is 0 Å². The normalized spacial score (nSPS) is 21.3. The van der Waals surface area contributed by atoms with Gasteiger partial charge in [0.25, 0.3) is 0 Å². The molecule has 3 rings (SSSR count). The van der Waals surface area contributed by atoms with Crippen molar-refractivity contribution in [1.29, 1.82) is 0 Å². The lowest BCUT2D eigenvalue weighted by molar-refractivity contribution is 0.0377. The van der Waals surface area contributed by atoms with Gasteiger partial charge in [0, 0.05) is 11.6 Å². The van der Waals surface area contributed by atoms with Crippen molar-refractivity contribution >= 4 is 0 Å². The molecular weight excluding hydrogens is 250 g/mol. The van der Waals surface area contributed by atoms with Crippen molar-refractivity contribution < 1.29 is 9.84 Å². The van der Waals surface area contributed by atoms with Crippen LogP contribution in [0, 0.1) is 0 Å². The van der Waals surface area contributed by atoms with E-state index >= 15 is 0 Å². The molecule has 1 aromatic carbocycles. The van der Waals surface area contributed by atoms with Crippen LogP contribution >= 0.6 is 0 Å². The topological polar surface area (TPSA) is 42.4 Å². The third-order valence-corrected chi connectivity index (χ3v) is 3.84. The number of pyridine rings is 1. The maximum absolute atomic E-state index is 10.3. The number of fused-ring (bicyclic) bond motifs is 1. The number of nitrogens with zero attached hydrogens (tertiary/aromatic N) is 1. The Morgan fingerprint density at radius 2 is 2.00 bits per heavy atom. The van der Waals surface area contributed by atoms with Gasteiger partial charge in [0.1, 0.15) is 6.61 Å². The summed E-state index contributed by atoms with van der Waals surface area (Å²) in [5, 5.41) is 10.3. The first-order chi connectivity index (χ1) is 9.65. The summed E-state index contributed by atoms with van der Waals surface area (Å²) in [5.74, 6) is 0.630. The number of ether oxygens (including phenoxy) is 1. The Balaban J connectivity index is 1.76. The summed E-state index contributed by atoms with van der Waals surface area (Å²) < 4.78 is 5.73. The first-order valence-electron chi connectivity index (χ1n) is 7.05. The van der Waals surface area contributed by atoms with E-state index in [4.69, 9.17) is 4.74 Å². The SMILES string of the molecule is CC1(O)CCCc2nc(OCc3ccccc3)ccc21. The van der Waals surface area contributed by atoms with Gasteiger partial charge in [-0.2, -0.15) is 0 Å². The molecule has 0 radical (unpaired) electrons. The fraction of sp³-hybridized carbons (Fsp3) is 0.353. The third kappa shape index (κ3) is 2.68. The molecule has 20 heavy (non-hydrogen) atoms. The van der Waals surface area contributed by atoms with Crippen LogP contribution in [0.25, 0.3) is 0 Å². The summed E-state index contributed by atoms with van der Waals surface area (Å²) in [5.41, 5.74) is 2.28. The van der Waals surface area contributed by atoms with Crippen LogP contribution in [-0.4, -0.2) is 10.1 Å². The Kier molecular flexibility index (Phi) is 3.45. The molecule has 1 unspecified atom stereocenters. The van der Waals surface area contributed by atoms with Gasteiger partial charge in [0.15, 0.2) is 0 Å². The Bertz CT molecular complexity index is 593. The van der Waals surface area contributed by atoms with E-state index in [1.807, 2.05) is 49.4 Å². The number of hydrogen-bond acceptors (Lipinski definition) is 3. The van der Waals surface area contributed by atoms with E-state index in [0.717, 1.165) is 36.1 Å². The second-order valence-corrected chi connectivity index (χ2v) is 5.55. The van der Waals surface area contributed by atoms with E-state index < -0.39 is 5.60 Å². The molecule has 0 amide bonds. The molecule has 0 fully saturated rings. The van der Waals surface area contributed by atoms with Crippen LogP contribution < -0.4 is 4.74 Å². The van der Waals surface area contributed by atoms with Crippen molar-refractivity contribution in [2.75, 3.05) is 0 Å². The van der Waals surface area contributed by atoms with Crippen LogP contribution in [0.1, 0.15) is 36.6 Å². The highest BCUT2D eigenvalue weighted by Gasteiger charge is 2.30. The summed E-state index contributed by atoms with van der Waals surface area (Å²) in [6.07, 6.45) is 2.68. The number of benzene rings is 1. The Hall–Kier alpha value is -1.87. The van der Waals surface area contributed by atoms with Gasteiger partial charge in [-0.1, -0.05) is 30.3 Å². The molecule has 3 nitrogen and oxygen atoms in total. The van der Waals surface area contributed by atoms with Crippen LogP contribution in [0.2, 0.25) is 0 Å². The van der Waals surface area contributed by atoms with Crippen molar-refractivity contribution in [2.45, 2.75) is 38.4 Å². The molecule has 1 aromatic heterocycles. The average molecular weight is 269 g/mol. The third-order valence-electron chi connectivity index (χ3n) is 3.84. The second-order valence-electron chi connectivity index (χ2n) is 5.55. The van der Waals surface area contributed by atoms with E-state index in [0.29, 0.717) is 12.5 Å². The molecule has 1 N–H and O–H groups in total. The standard InChI is InChI=1S/C17H19NO2/c1-17(19)11-5-8-15-14(17)9-10-16(18-15)20-12-13-6-3-2-4-7-13/h2-4,6-7,9-10,19H,5,8,11-12H2,1H3. The first kappa shape index (κ1) is 13.1.